The number of carbonyl (C=O) groups excluding carboxylic acids is 1. The third kappa shape index (κ3) is 7.46. The maximum absolute atomic E-state index is 11.9. The summed E-state index contributed by atoms with van der Waals surface area (Å²) in [6.45, 7) is 0. The molecule has 0 unspecified atom stereocenters. The molecule has 0 bridgehead atoms. The predicted molar refractivity (Wildman–Crippen MR) is 116 cm³/mol. The van der Waals surface area contributed by atoms with Gasteiger partial charge in [-0.15, -0.1) is 11.8 Å². The molecule has 2 aromatic carbocycles. The molecular formula is C16H17BrN4O3S3. The van der Waals surface area contributed by atoms with E-state index in [1.807, 2.05) is 24.3 Å². The van der Waals surface area contributed by atoms with Crippen molar-refractivity contribution in [3.8, 4) is 0 Å². The van der Waals surface area contributed by atoms with Crippen LogP contribution in [0, 0.1) is 0 Å². The number of carbonyl (C=O) groups is 1. The molecule has 2 aromatic rings. The SMILES string of the molecule is NS(=O)(=O)c1ccc(NC(=S)NNC(=O)CSCc2ccccc2Br)cc1. The van der Waals surface area contributed by atoms with Gasteiger partial charge >= 0.3 is 0 Å². The molecule has 0 spiro atoms. The number of halogens is 1. The zero-order valence-corrected chi connectivity index (χ0v) is 18.0. The van der Waals surface area contributed by atoms with E-state index in [4.69, 9.17) is 17.4 Å². The van der Waals surface area contributed by atoms with Gasteiger partial charge in [-0.2, -0.15) is 0 Å². The summed E-state index contributed by atoms with van der Waals surface area (Å²) < 4.78 is 23.4. The Morgan fingerprint density at radius 1 is 1.11 bits per heavy atom. The minimum atomic E-state index is -3.74. The van der Waals surface area contributed by atoms with Crippen LogP contribution in [0.2, 0.25) is 0 Å². The first kappa shape index (κ1) is 21.6. The zero-order chi connectivity index (χ0) is 19.9. The van der Waals surface area contributed by atoms with Crippen LogP contribution in [0.4, 0.5) is 5.69 Å². The summed E-state index contributed by atoms with van der Waals surface area (Å²) in [7, 11) is -3.74. The van der Waals surface area contributed by atoms with Gasteiger partial charge in [0.25, 0.3) is 0 Å². The molecule has 27 heavy (non-hydrogen) atoms. The van der Waals surface area contributed by atoms with Crippen LogP contribution in [0.15, 0.2) is 57.9 Å². The van der Waals surface area contributed by atoms with E-state index in [2.05, 4.69) is 32.1 Å². The molecule has 0 aliphatic carbocycles. The van der Waals surface area contributed by atoms with Gasteiger partial charge in [0.05, 0.1) is 10.6 Å². The lowest BCUT2D eigenvalue weighted by molar-refractivity contribution is -0.119. The van der Waals surface area contributed by atoms with Gasteiger partial charge in [-0.1, -0.05) is 34.1 Å². The van der Waals surface area contributed by atoms with Gasteiger partial charge in [0, 0.05) is 15.9 Å². The standard InChI is InChI=1S/C16H17BrN4O3S3/c17-14-4-2-1-3-11(14)9-26-10-15(22)20-21-16(25)19-12-5-7-13(8-6-12)27(18,23)24/h1-8H,9-10H2,(H,20,22)(H2,18,23,24)(H2,19,21,25). The first-order valence-corrected chi connectivity index (χ1v) is 11.5. The maximum Gasteiger partial charge on any atom is 0.248 e. The fourth-order valence-electron chi connectivity index (χ4n) is 1.92. The van der Waals surface area contributed by atoms with E-state index in [0.29, 0.717) is 11.4 Å². The van der Waals surface area contributed by atoms with Gasteiger partial charge in [-0.3, -0.25) is 15.6 Å². The third-order valence-electron chi connectivity index (χ3n) is 3.20. The van der Waals surface area contributed by atoms with Crippen molar-refractivity contribution in [2.24, 2.45) is 5.14 Å². The zero-order valence-electron chi connectivity index (χ0n) is 13.9. The highest BCUT2D eigenvalue weighted by atomic mass is 79.9. The van der Waals surface area contributed by atoms with E-state index in [1.165, 1.54) is 36.0 Å². The number of amides is 1. The summed E-state index contributed by atoms with van der Waals surface area (Å²) >= 11 is 10.0. The molecule has 0 radical (unpaired) electrons. The van der Waals surface area contributed by atoms with E-state index in [0.717, 1.165) is 10.0 Å². The van der Waals surface area contributed by atoms with Crippen LogP contribution in [-0.2, 0) is 20.6 Å². The number of hydrogen-bond acceptors (Lipinski definition) is 5. The van der Waals surface area contributed by atoms with Crippen LogP contribution >= 0.6 is 39.9 Å². The number of hydrogen-bond donors (Lipinski definition) is 4. The Kier molecular flexibility index (Phi) is 8.05. The fraction of sp³-hybridized carbons (Fsp3) is 0.125. The monoisotopic (exact) mass is 488 g/mol. The van der Waals surface area contributed by atoms with Crippen molar-refractivity contribution in [1.82, 2.24) is 10.9 Å². The number of primary sulfonamides is 1. The number of benzene rings is 2. The van der Waals surface area contributed by atoms with Gasteiger partial charge in [0.1, 0.15) is 0 Å². The molecule has 144 valence electrons. The third-order valence-corrected chi connectivity index (χ3v) is 6.09. The highest BCUT2D eigenvalue weighted by Crippen LogP contribution is 2.21. The van der Waals surface area contributed by atoms with E-state index < -0.39 is 10.0 Å². The molecule has 0 saturated heterocycles. The number of thioether (sulfide) groups is 1. The molecule has 0 aliphatic heterocycles. The average molecular weight is 489 g/mol. The molecule has 0 fully saturated rings. The Morgan fingerprint density at radius 3 is 2.41 bits per heavy atom. The Hall–Kier alpha value is -1.66. The Balaban J connectivity index is 1.72. The Labute approximate surface area is 175 Å². The summed E-state index contributed by atoms with van der Waals surface area (Å²) in [4.78, 5) is 11.9. The average Bonchev–Trinajstić information content (AvgIpc) is 2.61. The smallest absolute Gasteiger partial charge is 0.248 e. The molecule has 0 aliphatic rings. The van der Waals surface area contributed by atoms with Crippen molar-refractivity contribution in [3.05, 3.63) is 58.6 Å². The molecular weight excluding hydrogens is 472 g/mol. The fourth-order valence-corrected chi connectivity index (χ4v) is 4.05. The first-order valence-electron chi connectivity index (χ1n) is 7.55. The highest BCUT2D eigenvalue weighted by Gasteiger charge is 2.08. The quantitative estimate of drug-likeness (QED) is 0.364. The van der Waals surface area contributed by atoms with E-state index in [1.54, 1.807) is 0 Å². The van der Waals surface area contributed by atoms with Gasteiger partial charge in [-0.25, -0.2) is 13.6 Å². The van der Waals surface area contributed by atoms with Crippen LogP contribution in [0.1, 0.15) is 5.56 Å². The first-order chi connectivity index (χ1) is 12.8. The summed E-state index contributed by atoms with van der Waals surface area (Å²) in [6, 6.07) is 13.6. The Morgan fingerprint density at radius 2 is 1.78 bits per heavy atom. The summed E-state index contributed by atoms with van der Waals surface area (Å²) in [6.07, 6.45) is 0. The van der Waals surface area contributed by atoms with Gasteiger partial charge in [0.15, 0.2) is 5.11 Å². The van der Waals surface area contributed by atoms with Gasteiger partial charge in [0.2, 0.25) is 15.9 Å². The number of nitrogens with two attached hydrogens (primary N) is 1. The molecule has 0 heterocycles. The van der Waals surface area contributed by atoms with Gasteiger partial charge in [-0.05, 0) is 48.1 Å². The largest absolute Gasteiger partial charge is 0.331 e. The van der Waals surface area contributed by atoms with Crippen LogP contribution in [-0.4, -0.2) is 25.2 Å². The second kappa shape index (κ2) is 10.0. The van der Waals surface area contributed by atoms with Crippen molar-refractivity contribution in [2.45, 2.75) is 10.6 Å². The van der Waals surface area contributed by atoms with E-state index in [-0.39, 0.29) is 21.7 Å². The molecule has 0 aromatic heterocycles. The van der Waals surface area contributed by atoms with Gasteiger partial charge < -0.3 is 5.32 Å². The van der Waals surface area contributed by atoms with E-state index >= 15 is 0 Å². The maximum atomic E-state index is 11.9. The number of sulfonamides is 1. The molecule has 1 amide bonds. The topological polar surface area (TPSA) is 113 Å². The normalized spacial score (nSPS) is 10.9. The second-order valence-corrected chi connectivity index (χ2v) is 9.09. The van der Waals surface area contributed by atoms with Crippen LogP contribution < -0.4 is 21.3 Å². The summed E-state index contributed by atoms with van der Waals surface area (Å²) in [5.74, 6) is 0.745. The summed E-state index contributed by atoms with van der Waals surface area (Å²) in [5.41, 5.74) is 6.76. The second-order valence-electron chi connectivity index (χ2n) is 5.28. The number of rotatable bonds is 6. The van der Waals surface area contributed by atoms with Crippen LogP contribution in [0.5, 0.6) is 0 Å². The van der Waals surface area contributed by atoms with Crippen LogP contribution in [0.3, 0.4) is 0 Å². The van der Waals surface area contributed by atoms with E-state index in [9.17, 15) is 13.2 Å². The molecule has 0 atom stereocenters. The lowest BCUT2D eigenvalue weighted by atomic mass is 10.2. The number of nitrogens with one attached hydrogen (secondary N) is 3. The molecule has 0 saturated carbocycles. The summed E-state index contributed by atoms with van der Waals surface area (Å²) in [5, 5.41) is 8.03. The number of thiocarbonyl (C=S) groups is 1. The minimum Gasteiger partial charge on any atom is -0.331 e. The number of anilines is 1. The number of hydrazine groups is 1. The molecule has 5 N–H and O–H groups in total. The van der Waals surface area contributed by atoms with Crippen molar-refractivity contribution >= 4 is 66.6 Å². The Bertz CT molecular complexity index is 921. The minimum absolute atomic E-state index is 0.00214. The molecule has 2 rings (SSSR count). The van der Waals surface area contributed by atoms with Crippen molar-refractivity contribution in [2.75, 3.05) is 11.1 Å². The lowest BCUT2D eigenvalue weighted by Crippen LogP contribution is -2.44. The molecule has 7 nitrogen and oxygen atoms in total. The molecule has 11 heteroatoms. The predicted octanol–water partition coefficient (Wildman–Crippen LogP) is 2.35. The van der Waals surface area contributed by atoms with Crippen molar-refractivity contribution < 1.29 is 13.2 Å². The van der Waals surface area contributed by atoms with Crippen molar-refractivity contribution in [3.63, 3.8) is 0 Å². The van der Waals surface area contributed by atoms with Crippen LogP contribution in [0.25, 0.3) is 0 Å². The van der Waals surface area contributed by atoms with Crippen molar-refractivity contribution in [1.29, 1.82) is 0 Å². The lowest BCUT2D eigenvalue weighted by Gasteiger charge is -2.12. The highest BCUT2D eigenvalue weighted by molar-refractivity contribution is 9.10.